The molecule has 1 aromatic carbocycles. The molecule has 0 saturated carbocycles. The summed E-state index contributed by atoms with van der Waals surface area (Å²) in [5, 5.41) is 7.46. The molecule has 0 saturated heterocycles. The third-order valence-corrected chi connectivity index (χ3v) is 3.24. The Hall–Kier alpha value is -1.59. The predicted molar refractivity (Wildman–Crippen MR) is 75.8 cm³/mol. The number of rotatable bonds is 4. The van der Waals surface area contributed by atoms with Crippen LogP contribution in [-0.2, 0) is 11.2 Å². The lowest BCUT2D eigenvalue weighted by Gasteiger charge is -2.10. The number of benzene rings is 1. The van der Waals surface area contributed by atoms with Crippen molar-refractivity contribution in [2.45, 2.75) is 26.3 Å². The molecule has 2 rings (SSSR count). The van der Waals surface area contributed by atoms with Gasteiger partial charge in [0.15, 0.2) is 5.82 Å². The molecular formula is C13H13Cl2N3O2. The summed E-state index contributed by atoms with van der Waals surface area (Å²) in [4.78, 5) is 16.0. The van der Waals surface area contributed by atoms with Crippen LogP contribution in [0.5, 0.6) is 0 Å². The van der Waals surface area contributed by atoms with Gasteiger partial charge in [0.2, 0.25) is 11.8 Å². The summed E-state index contributed by atoms with van der Waals surface area (Å²) in [6, 6.07) is 4.68. The summed E-state index contributed by atoms with van der Waals surface area (Å²) in [5.74, 6) is 0.720. The van der Waals surface area contributed by atoms with Gasteiger partial charge in [0.1, 0.15) is 6.04 Å². The average Bonchev–Trinajstić information content (AvgIpc) is 2.79. The Kier molecular flexibility index (Phi) is 4.62. The monoisotopic (exact) mass is 313 g/mol. The van der Waals surface area contributed by atoms with E-state index in [0.29, 0.717) is 27.3 Å². The van der Waals surface area contributed by atoms with Crippen molar-refractivity contribution >= 4 is 29.1 Å². The molecule has 7 heteroatoms. The van der Waals surface area contributed by atoms with Gasteiger partial charge in [-0.2, -0.15) is 4.98 Å². The normalized spacial score (nSPS) is 12.2. The standard InChI is InChI=1S/C13H13Cl2N3O2/c1-7(13-17-8(2)18-20-13)16-12(19)5-9-3-4-10(14)6-11(9)15/h3-4,6-7H,5H2,1-2H3,(H,16,19)/t7-/m1/s1. The Morgan fingerprint density at radius 2 is 2.20 bits per heavy atom. The summed E-state index contributed by atoms with van der Waals surface area (Å²) >= 11 is 11.8. The number of nitrogens with one attached hydrogen (secondary N) is 1. The van der Waals surface area contributed by atoms with Crippen LogP contribution < -0.4 is 5.32 Å². The number of carbonyl (C=O) groups is 1. The molecule has 1 amide bonds. The molecule has 0 fully saturated rings. The first-order chi connectivity index (χ1) is 9.45. The maximum atomic E-state index is 11.9. The molecule has 0 unspecified atom stereocenters. The van der Waals surface area contributed by atoms with Gasteiger partial charge < -0.3 is 9.84 Å². The fraction of sp³-hybridized carbons (Fsp3) is 0.308. The Labute approximate surface area is 126 Å². The minimum Gasteiger partial charge on any atom is -0.344 e. The number of carbonyl (C=O) groups excluding carboxylic acids is 1. The molecule has 1 atom stereocenters. The van der Waals surface area contributed by atoms with E-state index in [4.69, 9.17) is 27.7 Å². The molecule has 106 valence electrons. The van der Waals surface area contributed by atoms with Crippen LogP contribution >= 0.6 is 23.2 Å². The zero-order valence-electron chi connectivity index (χ0n) is 11.0. The van der Waals surface area contributed by atoms with Crippen LogP contribution in [0.2, 0.25) is 10.0 Å². The van der Waals surface area contributed by atoms with Crippen LogP contribution in [0.1, 0.15) is 30.2 Å². The van der Waals surface area contributed by atoms with Crippen molar-refractivity contribution in [2.75, 3.05) is 0 Å². The minimum absolute atomic E-state index is 0.160. The maximum Gasteiger partial charge on any atom is 0.248 e. The largest absolute Gasteiger partial charge is 0.344 e. The molecule has 20 heavy (non-hydrogen) atoms. The zero-order chi connectivity index (χ0) is 14.7. The van der Waals surface area contributed by atoms with Crippen molar-refractivity contribution in [1.29, 1.82) is 0 Å². The Bertz CT molecular complexity index is 628. The number of halogens is 2. The van der Waals surface area contributed by atoms with Crippen molar-refractivity contribution in [2.24, 2.45) is 0 Å². The van der Waals surface area contributed by atoms with Gasteiger partial charge in [-0.05, 0) is 31.5 Å². The number of aryl methyl sites for hydroxylation is 1. The minimum atomic E-state index is -0.352. The Morgan fingerprint density at radius 1 is 1.45 bits per heavy atom. The molecule has 1 heterocycles. The van der Waals surface area contributed by atoms with Gasteiger partial charge >= 0.3 is 0 Å². The molecule has 0 aliphatic heterocycles. The molecule has 0 spiro atoms. The highest BCUT2D eigenvalue weighted by Gasteiger charge is 2.16. The average molecular weight is 314 g/mol. The molecular weight excluding hydrogens is 301 g/mol. The van der Waals surface area contributed by atoms with Gasteiger partial charge in [-0.25, -0.2) is 0 Å². The fourth-order valence-corrected chi connectivity index (χ4v) is 2.16. The maximum absolute atomic E-state index is 11.9. The zero-order valence-corrected chi connectivity index (χ0v) is 12.5. The van der Waals surface area contributed by atoms with Gasteiger partial charge in [0.05, 0.1) is 6.42 Å². The summed E-state index contributed by atoms with van der Waals surface area (Å²) < 4.78 is 5.00. The van der Waals surface area contributed by atoms with Crippen LogP contribution in [0, 0.1) is 6.92 Å². The summed E-state index contributed by atoms with van der Waals surface area (Å²) in [6.45, 7) is 3.49. The van der Waals surface area contributed by atoms with Crippen LogP contribution in [0.3, 0.4) is 0 Å². The summed E-state index contributed by atoms with van der Waals surface area (Å²) in [6.07, 6.45) is 0.160. The van der Waals surface area contributed by atoms with E-state index in [1.165, 1.54) is 0 Å². The predicted octanol–water partition coefficient (Wildman–Crippen LogP) is 3.10. The Morgan fingerprint density at radius 3 is 2.80 bits per heavy atom. The van der Waals surface area contributed by atoms with Crippen molar-refractivity contribution in [3.05, 3.63) is 45.5 Å². The number of amides is 1. The van der Waals surface area contributed by atoms with Gasteiger partial charge in [0.25, 0.3) is 0 Å². The van der Waals surface area contributed by atoms with Crippen LogP contribution in [0.15, 0.2) is 22.7 Å². The van der Waals surface area contributed by atoms with E-state index in [1.54, 1.807) is 32.0 Å². The number of aromatic nitrogens is 2. The van der Waals surface area contributed by atoms with E-state index >= 15 is 0 Å². The topological polar surface area (TPSA) is 68.0 Å². The molecule has 0 bridgehead atoms. The first-order valence-corrected chi connectivity index (χ1v) is 6.75. The molecule has 1 N–H and O–H groups in total. The van der Waals surface area contributed by atoms with Crippen LogP contribution in [0.25, 0.3) is 0 Å². The third-order valence-electron chi connectivity index (χ3n) is 2.66. The van der Waals surface area contributed by atoms with E-state index in [1.807, 2.05) is 0 Å². The lowest BCUT2D eigenvalue weighted by Crippen LogP contribution is -2.28. The van der Waals surface area contributed by atoms with Crippen molar-refractivity contribution in [1.82, 2.24) is 15.5 Å². The molecule has 5 nitrogen and oxygen atoms in total. The number of hydrogen-bond acceptors (Lipinski definition) is 4. The lowest BCUT2D eigenvalue weighted by atomic mass is 10.1. The second-order valence-electron chi connectivity index (χ2n) is 4.38. The highest BCUT2D eigenvalue weighted by Crippen LogP contribution is 2.21. The summed E-state index contributed by atoms with van der Waals surface area (Å²) in [7, 11) is 0. The second kappa shape index (κ2) is 6.24. The van der Waals surface area contributed by atoms with Gasteiger partial charge in [-0.15, -0.1) is 0 Å². The molecule has 1 aromatic heterocycles. The third kappa shape index (κ3) is 3.71. The van der Waals surface area contributed by atoms with Crippen molar-refractivity contribution in [3.8, 4) is 0 Å². The van der Waals surface area contributed by atoms with Crippen LogP contribution in [-0.4, -0.2) is 16.0 Å². The lowest BCUT2D eigenvalue weighted by molar-refractivity contribution is -0.121. The van der Waals surface area contributed by atoms with E-state index < -0.39 is 0 Å². The molecule has 0 radical (unpaired) electrons. The van der Waals surface area contributed by atoms with E-state index in [2.05, 4.69) is 15.5 Å². The molecule has 0 aliphatic carbocycles. The quantitative estimate of drug-likeness (QED) is 0.941. The first kappa shape index (κ1) is 14.8. The molecule has 2 aromatic rings. The van der Waals surface area contributed by atoms with Crippen molar-refractivity contribution < 1.29 is 9.32 Å². The van der Waals surface area contributed by atoms with Gasteiger partial charge in [-0.1, -0.05) is 34.4 Å². The molecule has 0 aliphatic rings. The van der Waals surface area contributed by atoms with Crippen LogP contribution in [0.4, 0.5) is 0 Å². The highest BCUT2D eigenvalue weighted by molar-refractivity contribution is 6.35. The smallest absolute Gasteiger partial charge is 0.248 e. The number of hydrogen-bond donors (Lipinski definition) is 1. The number of nitrogens with zero attached hydrogens (tertiary/aromatic N) is 2. The fourth-order valence-electron chi connectivity index (χ4n) is 1.68. The van der Waals surface area contributed by atoms with Crippen molar-refractivity contribution in [3.63, 3.8) is 0 Å². The first-order valence-electron chi connectivity index (χ1n) is 5.99. The SMILES string of the molecule is Cc1noc([C@@H](C)NC(=O)Cc2ccc(Cl)cc2Cl)n1. The van der Waals surface area contributed by atoms with Gasteiger partial charge in [-0.3, -0.25) is 4.79 Å². The van der Waals surface area contributed by atoms with E-state index in [9.17, 15) is 4.79 Å². The van der Waals surface area contributed by atoms with E-state index in [0.717, 1.165) is 0 Å². The van der Waals surface area contributed by atoms with Gasteiger partial charge in [0, 0.05) is 10.0 Å². The second-order valence-corrected chi connectivity index (χ2v) is 5.23. The Balaban J connectivity index is 1.98. The summed E-state index contributed by atoms with van der Waals surface area (Å²) in [5.41, 5.74) is 0.711. The van der Waals surface area contributed by atoms with E-state index in [-0.39, 0.29) is 18.4 Å². The highest BCUT2D eigenvalue weighted by atomic mass is 35.5.